The largest absolute Gasteiger partial charge is 0.464 e. The second-order valence-corrected chi connectivity index (χ2v) is 5.33. The first kappa shape index (κ1) is 17.0. The van der Waals surface area contributed by atoms with Gasteiger partial charge in [0.25, 0.3) is 0 Å². The Morgan fingerprint density at radius 1 is 1.30 bits per heavy atom. The van der Waals surface area contributed by atoms with E-state index in [1.165, 1.54) is 0 Å². The molecule has 2 aromatic heterocycles. The van der Waals surface area contributed by atoms with Crippen molar-refractivity contribution in [3.8, 4) is 0 Å². The second-order valence-electron chi connectivity index (χ2n) is 5.33. The first-order valence-corrected chi connectivity index (χ1v) is 7.79. The molecule has 2 atom stereocenters. The van der Waals surface area contributed by atoms with Crippen LogP contribution in [0.25, 0.3) is 0 Å². The van der Waals surface area contributed by atoms with E-state index >= 15 is 0 Å². The van der Waals surface area contributed by atoms with Crippen LogP contribution >= 0.6 is 0 Å². The Morgan fingerprint density at radius 2 is 2.04 bits per heavy atom. The molecule has 0 spiro atoms. The van der Waals surface area contributed by atoms with E-state index in [9.17, 15) is 5.11 Å². The predicted octanol–water partition coefficient (Wildman–Crippen LogP) is 2.33. The minimum absolute atomic E-state index is 0.0143. The van der Waals surface area contributed by atoms with Crippen molar-refractivity contribution >= 4 is 5.96 Å². The van der Waals surface area contributed by atoms with Crippen LogP contribution in [0.1, 0.15) is 43.1 Å². The normalized spacial score (nSPS) is 14.3. The van der Waals surface area contributed by atoms with E-state index in [0.717, 1.165) is 23.6 Å². The van der Waals surface area contributed by atoms with Crippen LogP contribution < -0.4 is 10.6 Å². The maximum Gasteiger partial charge on any atom is 0.191 e. The molecule has 0 fully saturated rings. The molecule has 0 aliphatic heterocycles. The number of aliphatic hydroxyl groups excluding tert-OH is 1. The molecule has 2 aromatic rings. The van der Waals surface area contributed by atoms with Gasteiger partial charge in [-0.05, 0) is 50.6 Å². The van der Waals surface area contributed by atoms with E-state index < -0.39 is 6.10 Å². The summed E-state index contributed by atoms with van der Waals surface area (Å²) < 4.78 is 5.62. The number of aromatic nitrogens is 1. The Morgan fingerprint density at radius 3 is 2.65 bits per heavy atom. The van der Waals surface area contributed by atoms with Gasteiger partial charge in [0, 0.05) is 18.9 Å². The average molecular weight is 316 g/mol. The summed E-state index contributed by atoms with van der Waals surface area (Å²) >= 11 is 0. The SMILES string of the molecule is CCNC(=NCC(O)c1ccncc1)NC(C)c1ccc(C)o1. The molecule has 0 bridgehead atoms. The highest BCUT2D eigenvalue weighted by atomic mass is 16.3. The lowest BCUT2D eigenvalue weighted by atomic mass is 10.1. The van der Waals surface area contributed by atoms with Gasteiger partial charge in [-0.15, -0.1) is 0 Å². The van der Waals surface area contributed by atoms with Gasteiger partial charge in [-0.1, -0.05) is 0 Å². The van der Waals surface area contributed by atoms with E-state index in [0.29, 0.717) is 5.96 Å². The number of aryl methyl sites for hydroxylation is 1. The van der Waals surface area contributed by atoms with E-state index in [-0.39, 0.29) is 12.6 Å². The zero-order chi connectivity index (χ0) is 16.7. The summed E-state index contributed by atoms with van der Waals surface area (Å²) in [6.45, 7) is 6.92. The van der Waals surface area contributed by atoms with Gasteiger partial charge in [0.2, 0.25) is 0 Å². The summed E-state index contributed by atoms with van der Waals surface area (Å²) in [4.78, 5) is 8.39. The van der Waals surface area contributed by atoms with Crippen LogP contribution in [-0.4, -0.2) is 29.1 Å². The number of aliphatic hydroxyl groups is 1. The summed E-state index contributed by atoms with van der Waals surface area (Å²) in [6.07, 6.45) is 2.66. The number of pyridine rings is 1. The number of hydrogen-bond acceptors (Lipinski definition) is 4. The molecule has 3 N–H and O–H groups in total. The van der Waals surface area contributed by atoms with Crippen LogP contribution in [0.2, 0.25) is 0 Å². The fourth-order valence-corrected chi connectivity index (χ4v) is 2.15. The molecule has 2 unspecified atom stereocenters. The first-order chi connectivity index (χ1) is 11.1. The molecular formula is C17H24N4O2. The third-order valence-corrected chi connectivity index (χ3v) is 3.40. The number of nitrogens with zero attached hydrogens (tertiary/aromatic N) is 2. The molecule has 2 heterocycles. The predicted molar refractivity (Wildman–Crippen MR) is 90.2 cm³/mol. The van der Waals surface area contributed by atoms with Crippen LogP contribution in [0.4, 0.5) is 0 Å². The minimum atomic E-state index is -0.658. The molecule has 2 rings (SSSR count). The summed E-state index contributed by atoms with van der Waals surface area (Å²) in [6, 6.07) is 7.44. The molecule has 0 amide bonds. The second kappa shape index (κ2) is 8.33. The summed E-state index contributed by atoms with van der Waals surface area (Å²) in [5.74, 6) is 2.37. The van der Waals surface area contributed by atoms with Crippen LogP contribution in [0, 0.1) is 6.92 Å². The van der Waals surface area contributed by atoms with Gasteiger partial charge >= 0.3 is 0 Å². The number of rotatable bonds is 6. The fourth-order valence-electron chi connectivity index (χ4n) is 2.15. The quantitative estimate of drug-likeness (QED) is 0.563. The average Bonchev–Trinajstić information content (AvgIpc) is 3.00. The summed E-state index contributed by atoms with van der Waals surface area (Å²) in [5.41, 5.74) is 0.800. The Balaban J connectivity index is 1.99. The standard InChI is InChI=1S/C17H24N4O2/c1-4-19-17(21-13(3)16-6-5-12(2)23-16)20-11-15(22)14-7-9-18-10-8-14/h5-10,13,15,22H,4,11H2,1-3H3,(H2,19,20,21). The third-order valence-electron chi connectivity index (χ3n) is 3.40. The molecule has 0 saturated heterocycles. The van der Waals surface area contributed by atoms with Crippen molar-refractivity contribution in [1.82, 2.24) is 15.6 Å². The highest BCUT2D eigenvalue weighted by molar-refractivity contribution is 5.80. The van der Waals surface area contributed by atoms with E-state index in [1.807, 2.05) is 32.9 Å². The zero-order valence-corrected chi connectivity index (χ0v) is 13.8. The molecule has 0 aliphatic carbocycles. The van der Waals surface area contributed by atoms with Crippen LogP contribution in [0.5, 0.6) is 0 Å². The lowest BCUT2D eigenvalue weighted by molar-refractivity contribution is 0.187. The lowest BCUT2D eigenvalue weighted by Crippen LogP contribution is -2.39. The Hall–Kier alpha value is -2.34. The number of furan rings is 1. The minimum Gasteiger partial charge on any atom is -0.464 e. The molecule has 0 radical (unpaired) electrons. The third kappa shape index (κ3) is 5.10. The number of hydrogen-bond donors (Lipinski definition) is 3. The zero-order valence-electron chi connectivity index (χ0n) is 13.8. The van der Waals surface area contributed by atoms with Gasteiger partial charge < -0.3 is 20.2 Å². The van der Waals surface area contributed by atoms with Crippen molar-refractivity contribution in [3.63, 3.8) is 0 Å². The molecule has 6 nitrogen and oxygen atoms in total. The Kier molecular flexibility index (Phi) is 6.17. The molecule has 0 saturated carbocycles. The molecular weight excluding hydrogens is 292 g/mol. The van der Waals surface area contributed by atoms with Gasteiger partial charge in [-0.2, -0.15) is 0 Å². The summed E-state index contributed by atoms with van der Waals surface area (Å²) in [7, 11) is 0. The van der Waals surface area contributed by atoms with E-state index in [4.69, 9.17) is 4.42 Å². The molecule has 23 heavy (non-hydrogen) atoms. The van der Waals surface area contributed by atoms with Crippen molar-refractivity contribution in [3.05, 3.63) is 53.7 Å². The van der Waals surface area contributed by atoms with E-state index in [2.05, 4.69) is 20.6 Å². The fraction of sp³-hybridized carbons (Fsp3) is 0.412. The van der Waals surface area contributed by atoms with Crippen molar-refractivity contribution < 1.29 is 9.52 Å². The van der Waals surface area contributed by atoms with Crippen LogP contribution in [-0.2, 0) is 0 Å². The Bertz CT molecular complexity index is 625. The highest BCUT2D eigenvalue weighted by Gasteiger charge is 2.12. The van der Waals surface area contributed by atoms with Crippen molar-refractivity contribution in [2.24, 2.45) is 4.99 Å². The maximum atomic E-state index is 10.2. The molecule has 0 aromatic carbocycles. The van der Waals surface area contributed by atoms with Crippen molar-refractivity contribution in [1.29, 1.82) is 0 Å². The topological polar surface area (TPSA) is 82.7 Å². The molecule has 124 valence electrons. The Labute approximate surface area is 136 Å². The monoisotopic (exact) mass is 316 g/mol. The van der Waals surface area contributed by atoms with Gasteiger partial charge in [0.1, 0.15) is 11.5 Å². The molecule has 6 heteroatoms. The van der Waals surface area contributed by atoms with Crippen LogP contribution in [0.3, 0.4) is 0 Å². The van der Waals surface area contributed by atoms with Gasteiger partial charge in [0.15, 0.2) is 5.96 Å². The number of nitrogens with one attached hydrogen (secondary N) is 2. The van der Waals surface area contributed by atoms with E-state index in [1.54, 1.807) is 24.5 Å². The number of guanidine groups is 1. The smallest absolute Gasteiger partial charge is 0.191 e. The van der Waals surface area contributed by atoms with Gasteiger partial charge in [0.05, 0.1) is 18.7 Å². The lowest BCUT2D eigenvalue weighted by Gasteiger charge is -2.17. The number of aliphatic imine (C=N–C) groups is 1. The van der Waals surface area contributed by atoms with Gasteiger partial charge in [-0.25, -0.2) is 0 Å². The summed E-state index contributed by atoms with van der Waals surface area (Å²) in [5, 5.41) is 16.6. The highest BCUT2D eigenvalue weighted by Crippen LogP contribution is 2.15. The van der Waals surface area contributed by atoms with Crippen LogP contribution in [0.15, 0.2) is 46.1 Å². The van der Waals surface area contributed by atoms with Crippen molar-refractivity contribution in [2.45, 2.75) is 32.9 Å². The van der Waals surface area contributed by atoms with Crippen molar-refractivity contribution in [2.75, 3.05) is 13.1 Å². The first-order valence-electron chi connectivity index (χ1n) is 7.79. The van der Waals surface area contributed by atoms with Gasteiger partial charge in [-0.3, -0.25) is 9.98 Å². The maximum absolute atomic E-state index is 10.2. The molecule has 0 aliphatic rings.